The van der Waals surface area contributed by atoms with Crippen LogP contribution in [0.15, 0.2) is 48.7 Å². The monoisotopic (exact) mass is 292 g/mol. The van der Waals surface area contributed by atoms with Gasteiger partial charge in [0.05, 0.1) is 7.11 Å². The first kappa shape index (κ1) is 13.4. The molecule has 2 N–H and O–H groups in total. The molecule has 0 saturated heterocycles. The number of ether oxygens (including phenoxy) is 1. The van der Waals surface area contributed by atoms with Crippen molar-refractivity contribution in [2.24, 2.45) is 0 Å². The van der Waals surface area contributed by atoms with Crippen LogP contribution in [0.1, 0.15) is 35.1 Å². The molecule has 112 valence electrons. The van der Waals surface area contributed by atoms with Gasteiger partial charge in [-0.1, -0.05) is 24.3 Å². The van der Waals surface area contributed by atoms with Crippen LogP contribution in [0.2, 0.25) is 0 Å². The average Bonchev–Trinajstić information content (AvgIpc) is 3.14. The Morgan fingerprint density at radius 1 is 1.09 bits per heavy atom. The van der Waals surface area contributed by atoms with E-state index >= 15 is 0 Å². The Balaban J connectivity index is 1.83. The Labute approximate surface area is 130 Å². The molecule has 0 fully saturated rings. The molecular weight excluding hydrogens is 272 g/mol. The molecule has 3 nitrogen and oxygen atoms in total. The SMILES string of the molecule is CNC1CC(c2c[nH]c3cc(OC)ccc23)c2ccccc21. The van der Waals surface area contributed by atoms with Crippen LogP contribution in [0.25, 0.3) is 10.9 Å². The summed E-state index contributed by atoms with van der Waals surface area (Å²) in [5.74, 6) is 1.33. The second kappa shape index (κ2) is 5.18. The normalized spacial score (nSPS) is 20.3. The van der Waals surface area contributed by atoms with Crippen LogP contribution in [-0.2, 0) is 0 Å². The molecule has 2 atom stereocenters. The van der Waals surface area contributed by atoms with Gasteiger partial charge < -0.3 is 15.0 Å². The van der Waals surface area contributed by atoms with Crippen molar-refractivity contribution < 1.29 is 4.74 Å². The fraction of sp³-hybridized carbons (Fsp3) is 0.263. The van der Waals surface area contributed by atoms with Gasteiger partial charge in [-0.15, -0.1) is 0 Å². The van der Waals surface area contributed by atoms with Gasteiger partial charge >= 0.3 is 0 Å². The molecule has 0 saturated carbocycles. The zero-order chi connectivity index (χ0) is 15.1. The lowest BCUT2D eigenvalue weighted by molar-refractivity contribution is 0.415. The molecule has 1 aliphatic rings. The Morgan fingerprint density at radius 3 is 2.68 bits per heavy atom. The van der Waals surface area contributed by atoms with Gasteiger partial charge in [0.2, 0.25) is 0 Å². The zero-order valence-corrected chi connectivity index (χ0v) is 12.9. The molecule has 0 aliphatic heterocycles. The standard InChI is InChI=1S/C19H20N2O/c1-20-18-10-16(13-5-3-4-6-14(13)18)17-11-21-19-9-12(22-2)7-8-15(17)19/h3-9,11,16,18,20-21H,10H2,1-2H3. The lowest BCUT2D eigenvalue weighted by atomic mass is 9.92. The average molecular weight is 292 g/mol. The number of H-pyrrole nitrogens is 1. The fourth-order valence-corrected chi connectivity index (χ4v) is 3.75. The minimum atomic E-state index is 0.435. The van der Waals surface area contributed by atoms with Crippen molar-refractivity contribution in [3.05, 3.63) is 65.4 Å². The van der Waals surface area contributed by atoms with Crippen molar-refractivity contribution in [1.29, 1.82) is 0 Å². The van der Waals surface area contributed by atoms with E-state index in [1.54, 1.807) is 7.11 Å². The minimum absolute atomic E-state index is 0.435. The molecule has 2 aromatic carbocycles. The first-order valence-electron chi connectivity index (χ1n) is 7.73. The first-order chi connectivity index (χ1) is 10.8. The molecule has 0 bridgehead atoms. The number of rotatable bonds is 3. The summed E-state index contributed by atoms with van der Waals surface area (Å²) in [7, 11) is 3.75. The molecule has 3 heteroatoms. The number of methoxy groups -OCH3 is 1. The first-order valence-corrected chi connectivity index (χ1v) is 7.73. The molecular formula is C19H20N2O. The lowest BCUT2D eigenvalue weighted by Crippen LogP contribution is -2.13. The molecule has 3 aromatic rings. The van der Waals surface area contributed by atoms with E-state index in [0.717, 1.165) is 17.7 Å². The zero-order valence-electron chi connectivity index (χ0n) is 12.9. The predicted molar refractivity (Wildman–Crippen MR) is 89.6 cm³/mol. The van der Waals surface area contributed by atoms with E-state index in [4.69, 9.17) is 4.74 Å². The van der Waals surface area contributed by atoms with Gasteiger partial charge in [-0.05, 0) is 42.3 Å². The number of hydrogen-bond donors (Lipinski definition) is 2. The largest absolute Gasteiger partial charge is 0.497 e. The van der Waals surface area contributed by atoms with Crippen molar-refractivity contribution in [2.75, 3.05) is 14.2 Å². The van der Waals surface area contributed by atoms with Crippen LogP contribution in [-0.4, -0.2) is 19.1 Å². The molecule has 1 aliphatic carbocycles. The molecule has 1 aromatic heterocycles. The van der Waals surface area contributed by atoms with E-state index in [9.17, 15) is 0 Å². The number of aromatic nitrogens is 1. The highest BCUT2D eigenvalue weighted by atomic mass is 16.5. The molecule has 0 radical (unpaired) electrons. The lowest BCUT2D eigenvalue weighted by Gasteiger charge is -2.11. The fourth-order valence-electron chi connectivity index (χ4n) is 3.75. The molecule has 0 spiro atoms. The predicted octanol–water partition coefficient (Wildman–Crippen LogP) is 3.97. The van der Waals surface area contributed by atoms with Crippen LogP contribution in [0.4, 0.5) is 0 Å². The molecule has 22 heavy (non-hydrogen) atoms. The summed E-state index contributed by atoms with van der Waals surface area (Å²) in [6.07, 6.45) is 3.26. The van der Waals surface area contributed by atoms with Gasteiger partial charge in [0, 0.05) is 35.1 Å². The second-order valence-electron chi connectivity index (χ2n) is 5.91. The van der Waals surface area contributed by atoms with E-state index in [-0.39, 0.29) is 0 Å². The number of hydrogen-bond acceptors (Lipinski definition) is 2. The van der Waals surface area contributed by atoms with Gasteiger partial charge in [0.1, 0.15) is 5.75 Å². The summed E-state index contributed by atoms with van der Waals surface area (Å²) in [4.78, 5) is 3.40. The summed E-state index contributed by atoms with van der Waals surface area (Å²) in [6.45, 7) is 0. The Hall–Kier alpha value is -2.26. The Kier molecular flexibility index (Phi) is 3.16. The second-order valence-corrected chi connectivity index (χ2v) is 5.91. The number of aromatic amines is 1. The smallest absolute Gasteiger partial charge is 0.120 e. The van der Waals surface area contributed by atoms with Gasteiger partial charge in [-0.2, -0.15) is 0 Å². The van der Waals surface area contributed by atoms with Crippen molar-refractivity contribution in [1.82, 2.24) is 10.3 Å². The van der Waals surface area contributed by atoms with Crippen LogP contribution in [0, 0.1) is 0 Å². The van der Waals surface area contributed by atoms with Crippen LogP contribution < -0.4 is 10.1 Å². The summed E-state index contributed by atoms with van der Waals surface area (Å²) < 4.78 is 5.32. The molecule has 0 amide bonds. The van der Waals surface area contributed by atoms with E-state index in [2.05, 4.69) is 52.9 Å². The summed E-state index contributed by atoms with van der Waals surface area (Å²) in [5, 5.41) is 4.74. The van der Waals surface area contributed by atoms with Crippen LogP contribution in [0.3, 0.4) is 0 Å². The maximum atomic E-state index is 5.32. The number of nitrogens with one attached hydrogen (secondary N) is 2. The Morgan fingerprint density at radius 2 is 1.91 bits per heavy atom. The molecule has 2 unspecified atom stereocenters. The number of benzene rings is 2. The van der Waals surface area contributed by atoms with E-state index < -0.39 is 0 Å². The third-order valence-corrected chi connectivity index (χ3v) is 4.86. The number of fused-ring (bicyclic) bond motifs is 2. The van der Waals surface area contributed by atoms with E-state index in [1.807, 2.05) is 13.1 Å². The van der Waals surface area contributed by atoms with E-state index in [0.29, 0.717) is 12.0 Å². The van der Waals surface area contributed by atoms with Gasteiger partial charge in [0.15, 0.2) is 0 Å². The third kappa shape index (κ3) is 1.93. The van der Waals surface area contributed by atoms with Crippen molar-refractivity contribution >= 4 is 10.9 Å². The van der Waals surface area contributed by atoms with Gasteiger partial charge in [0.25, 0.3) is 0 Å². The Bertz CT molecular complexity index is 821. The maximum absolute atomic E-state index is 5.32. The highest BCUT2D eigenvalue weighted by Gasteiger charge is 2.31. The van der Waals surface area contributed by atoms with Crippen molar-refractivity contribution in [2.45, 2.75) is 18.4 Å². The molecule has 1 heterocycles. The summed E-state index contributed by atoms with van der Waals surface area (Å²) >= 11 is 0. The van der Waals surface area contributed by atoms with Crippen molar-refractivity contribution in [3.8, 4) is 5.75 Å². The topological polar surface area (TPSA) is 37.0 Å². The highest BCUT2D eigenvalue weighted by molar-refractivity contribution is 5.85. The van der Waals surface area contributed by atoms with Crippen LogP contribution >= 0.6 is 0 Å². The maximum Gasteiger partial charge on any atom is 0.120 e. The third-order valence-electron chi connectivity index (χ3n) is 4.86. The van der Waals surface area contributed by atoms with Gasteiger partial charge in [-0.3, -0.25) is 0 Å². The quantitative estimate of drug-likeness (QED) is 0.766. The van der Waals surface area contributed by atoms with Crippen LogP contribution in [0.5, 0.6) is 5.75 Å². The summed E-state index contributed by atoms with van der Waals surface area (Å²) in [6, 6.07) is 15.5. The summed E-state index contributed by atoms with van der Waals surface area (Å²) in [5.41, 5.74) is 5.39. The van der Waals surface area contributed by atoms with Crippen molar-refractivity contribution in [3.63, 3.8) is 0 Å². The molecule has 4 rings (SSSR count). The van der Waals surface area contributed by atoms with E-state index in [1.165, 1.54) is 22.1 Å². The van der Waals surface area contributed by atoms with Gasteiger partial charge in [-0.25, -0.2) is 0 Å². The minimum Gasteiger partial charge on any atom is -0.497 e. The highest BCUT2D eigenvalue weighted by Crippen LogP contribution is 2.45.